The van der Waals surface area contributed by atoms with Crippen LogP contribution in [0, 0.1) is 6.92 Å². The van der Waals surface area contributed by atoms with Gasteiger partial charge in [0.05, 0.1) is 25.8 Å². The molecule has 5 nitrogen and oxygen atoms in total. The standard InChI is InChI=1S/C21H28N2O3/c1-6-26-18-10-8-17(9-11-18)15(3)22-21(24)23-16(4)19-13-14(2)7-12-20(19)25-5/h7-13,15-16H,6H2,1-5H3,(H2,22,23,24). The first kappa shape index (κ1) is 19.6. The van der Waals surface area contributed by atoms with Crippen molar-refractivity contribution in [2.24, 2.45) is 0 Å². The molecule has 2 N–H and O–H groups in total. The van der Waals surface area contributed by atoms with Crippen molar-refractivity contribution in [3.8, 4) is 11.5 Å². The molecule has 0 spiro atoms. The summed E-state index contributed by atoms with van der Waals surface area (Å²) in [7, 11) is 1.63. The normalized spacial score (nSPS) is 12.8. The van der Waals surface area contributed by atoms with Crippen LogP contribution in [0.3, 0.4) is 0 Å². The summed E-state index contributed by atoms with van der Waals surface area (Å²) in [4.78, 5) is 12.4. The monoisotopic (exact) mass is 356 g/mol. The second kappa shape index (κ2) is 9.13. The van der Waals surface area contributed by atoms with Gasteiger partial charge in [0, 0.05) is 5.56 Å². The van der Waals surface area contributed by atoms with E-state index >= 15 is 0 Å². The number of hydrogen-bond donors (Lipinski definition) is 2. The minimum atomic E-state index is -0.220. The quantitative estimate of drug-likeness (QED) is 0.766. The van der Waals surface area contributed by atoms with Gasteiger partial charge in [0.1, 0.15) is 11.5 Å². The zero-order valence-electron chi connectivity index (χ0n) is 16.1. The maximum atomic E-state index is 12.4. The molecule has 26 heavy (non-hydrogen) atoms. The SMILES string of the molecule is CCOc1ccc(C(C)NC(=O)NC(C)c2cc(C)ccc2OC)cc1. The van der Waals surface area contributed by atoms with Gasteiger partial charge in [-0.25, -0.2) is 4.79 Å². The smallest absolute Gasteiger partial charge is 0.315 e. The van der Waals surface area contributed by atoms with Crippen molar-refractivity contribution in [1.29, 1.82) is 0 Å². The van der Waals surface area contributed by atoms with Gasteiger partial charge in [-0.05, 0) is 51.5 Å². The second-order valence-electron chi connectivity index (χ2n) is 6.31. The fourth-order valence-electron chi connectivity index (χ4n) is 2.81. The summed E-state index contributed by atoms with van der Waals surface area (Å²) in [5.41, 5.74) is 3.10. The summed E-state index contributed by atoms with van der Waals surface area (Å²) >= 11 is 0. The molecule has 0 saturated heterocycles. The molecule has 0 radical (unpaired) electrons. The average molecular weight is 356 g/mol. The third-order valence-corrected chi connectivity index (χ3v) is 4.24. The van der Waals surface area contributed by atoms with Crippen LogP contribution >= 0.6 is 0 Å². The molecule has 2 atom stereocenters. The van der Waals surface area contributed by atoms with Gasteiger partial charge in [0.25, 0.3) is 0 Å². The van der Waals surface area contributed by atoms with Crippen LogP contribution in [0.5, 0.6) is 11.5 Å². The molecule has 2 amide bonds. The summed E-state index contributed by atoms with van der Waals surface area (Å²) in [5, 5.41) is 5.94. The summed E-state index contributed by atoms with van der Waals surface area (Å²) < 4.78 is 10.8. The predicted octanol–water partition coefficient (Wildman–Crippen LogP) is 4.52. The molecule has 0 bridgehead atoms. The van der Waals surface area contributed by atoms with Crippen LogP contribution < -0.4 is 20.1 Å². The maximum absolute atomic E-state index is 12.4. The van der Waals surface area contributed by atoms with Crippen molar-refractivity contribution in [2.75, 3.05) is 13.7 Å². The Balaban J connectivity index is 1.98. The number of aryl methyl sites for hydroxylation is 1. The number of nitrogens with one attached hydrogen (secondary N) is 2. The minimum absolute atomic E-state index is 0.114. The molecule has 2 unspecified atom stereocenters. The highest BCUT2D eigenvalue weighted by atomic mass is 16.5. The van der Waals surface area contributed by atoms with Crippen LogP contribution in [0.15, 0.2) is 42.5 Å². The molecule has 0 aliphatic rings. The van der Waals surface area contributed by atoms with Crippen molar-refractivity contribution in [3.05, 3.63) is 59.2 Å². The van der Waals surface area contributed by atoms with E-state index in [-0.39, 0.29) is 18.1 Å². The van der Waals surface area contributed by atoms with Gasteiger partial charge in [-0.3, -0.25) is 0 Å². The van der Waals surface area contributed by atoms with Crippen LogP contribution in [0.4, 0.5) is 4.79 Å². The molecular formula is C21H28N2O3. The number of rotatable bonds is 7. The highest BCUT2D eigenvalue weighted by Gasteiger charge is 2.16. The van der Waals surface area contributed by atoms with Gasteiger partial charge in [0.2, 0.25) is 0 Å². The van der Waals surface area contributed by atoms with Crippen LogP contribution in [0.25, 0.3) is 0 Å². The van der Waals surface area contributed by atoms with E-state index in [1.54, 1.807) is 7.11 Å². The van der Waals surface area contributed by atoms with E-state index in [9.17, 15) is 4.79 Å². The van der Waals surface area contributed by atoms with E-state index in [4.69, 9.17) is 9.47 Å². The zero-order chi connectivity index (χ0) is 19.1. The second-order valence-corrected chi connectivity index (χ2v) is 6.31. The first-order valence-electron chi connectivity index (χ1n) is 8.89. The van der Waals surface area contributed by atoms with Crippen molar-refractivity contribution in [1.82, 2.24) is 10.6 Å². The predicted molar refractivity (Wildman–Crippen MR) is 104 cm³/mol. The Morgan fingerprint density at radius 3 is 2.31 bits per heavy atom. The Morgan fingerprint density at radius 2 is 1.69 bits per heavy atom. The van der Waals surface area contributed by atoms with Crippen LogP contribution in [0.2, 0.25) is 0 Å². The number of ether oxygens (including phenoxy) is 2. The Kier molecular flexibility index (Phi) is 6.89. The molecule has 0 saturated carbocycles. The molecule has 0 aromatic heterocycles. The van der Waals surface area contributed by atoms with E-state index in [2.05, 4.69) is 10.6 Å². The molecule has 0 fully saturated rings. The fourth-order valence-corrected chi connectivity index (χ4v) is 2.81. The third kappa shape index (κ3) is 5.15. The fraction of sp³-hybridized carbons (Fsp3) is 0.381. The Hall–Kier alpha value is -2.69. The Labute approximate surface area is 155 Å². The summed E-state index contributed by atoms with van der Waals surface area (Å²) in [6.45, 7) is 8.50. The largest absolute Gasteiger partial charge is 0.496 e. The van der Waals surface area contributed by atoms with E-state index in [1.807, 2.05) is 70.2 Å². The van der Waals surface area contributed by atoms with E-state index in [0.29, 0.717) is 6.61 Å². The van der Waals surface area contributed by atoms with E-state index in [1.165, 1.54) is 0 Å². The van der Waals surface area contributed by atoms with Crippen molar-refractivity contribution < 1.29 is 14.3 Å². The number of carbonyl (C=O) groups is 1. The first-order valence-corrected chi connectivity index (χ1v) is 8.89. The maximum Gasteiger partial charge on any atom is 0.315 e. The molecule has 0 aliphatic heterocycles. The molecule has 0 heterocycles. The number of benzene rings is 2. The molecule has 2 rings (SSSR count). The van der Waals surface area contributed by atoms with E-state index in [0.717, 1.165) is 28.2 Å². The average Bonchev–Trinajstić information content (AvgIpc) is 2.62. The van der Waals surface area contributed by atoms with E-state index < -0.39 is 0 Å². The van der Waals surface area contributed by atoms with Gasteiger partial charge < -0.3 is 20.1 Å². The lowest BCUT2D eigenvalue weighted by Gasteiger charge is -2.20. The van der Waals surface area contributed by atoms with Crippen molar-refractivity contribution >= 4 is 6.03 Å². The first-order chi connectivity index (χ1) is 12.4. The molecular weight excluding hydrogens is 328 g/mol. The molecule has 2 aromatic carbocycles. The van der Waals surface area contributed by atoms with Crippen molar-refractivity contribution in [3.63, 3.8) is 0 Å². The Morgan fingerprint density at radius 1 is 1.04 bits per heavy atom. The number of amides is 2. The lowest BCUT2D eigenvalue weighted by Crippen LogP contribution is -2.38. The zero-order valence-corrected chi connectivity index (χ0v) is 16.1. The lowest BCUT2D eigenvalue weighted by atomic mass is 10.0. The summed E-state index contributed by atoms with van der Waals surface area (Å²) in [5.74, 6) is 1.59. The number of methoxy groups -OCH3 is 1. The van der Waals surface area contributed by atoms with Gasteiger partial charge >= 0.3 is 6.03 Å². The van der Waals surface area contributed by atoms with Crippen LogP contribution in [-0.2, 0) is 0 Å². The molecule has 5 heteroatoms. The highest BCUT2D eigenvalue weighted by Crippen LogP contribution is 2.26. The molecule has 140 valence electrons. The van der Waals surface area contributed by atoms with Crippen LogP contribution in [0.1, 0.15) is 49.5 Å². The third-order valence-electron chi connectivity index (χ3n) is 4.24. The van der Waals surface area contributed by atoms with Gasteiger partial charge in [-0.2, -0.15) is 0 Å². The molecule has 0 aliphatic carbocycles. The topological polar surface area (TPSA) is 59.6 Å². The molecule has 2 aromatic rings. The summed E-state index contributed by atoms with van der Waals surface area (Å²) in [6, 6.07) is 13.2. The number of hydrogen-bond acceptors (Lipinski definition) is 3. The lowest BCUT2D eigenvalue weighted by molar-refractivity contribution is 0.234. The Bertz CT molecular complexity index is 729. The van der Waals surface area contributed by atoms with Gasteiger partial charge in [0.15, 0.2) is 0 Å². The highest BCUT2D eigenvalue weighted by molar-refractivity contribution is 5.75. The van der Waals surface area contributed by atoms with Crippen LogP contribution in [-0.4, -0.2) is 19.7 Å². The van der Waals surface area contributed by atoms with Gasteiger partial charge in [-0.15, -0.1) is 0 Å². The number of urea groups is 1. The summed E-state index contributed by atoms with van der Waals surface area (Å²) in [6.07, 6.45) is 0. The number of carbonyl (C=O) groups excluding carboxylic acids is 1. The van der Waals surface area contributed by atoms with Crippen molar-refractivity contribution in [2.45, 2.75) is 39.8 Å². The minimum Gasteiger partial charge on any atom is -0.496 e. The van der Waals surface area contributed by atoms with Gasteiger partial charge in [-0.1, -0.05) is 29.8 Å².